The number of hydrogen-bond donors (Lipinski definition) is 2. The summed E-state index contributed by atoms with van der Waals surface area (Å²) in [6.07, 6.45) is 1.38. The van der Waals surface area contributed by atoms with E-state index in [9.17, 15) is 9.59 Å². The fourth-order valence-electron chi connectivity index (χ4n) is 2.58. The Morgan fingerprint density at radius 1 is 1.30 bits per heavy atom. The molecule has 1 aromatic heterocycles. The number of carbonyl (C=O) groups is 2. The van der Waals surface area contributed by atoms with E-state index in [0.29, 0.717) is 22.8 Å². The van der Waals surface area contributed by atoms with Crippen molar-refractivity contribution in [2.24, 2.45) is 0 Å². The molecule has 0 fully saturated rings. The first kappa shape index (κ1) is 14.8. The molecule has 1 atom stereocenters. The van der Waals surface area contributed by atoms with E-state index in [0.717, 1.165) is 0 Å². The normalized spacial score (nSPS) is 16.5. The van der Waals surface area contributed by atoms with Gasteiger partial charge in [-0.15, -0.1) is 0 Å². The summed E-state index contributed by atoms with van der Waals surface area (Å²) in [7, 11) is 1.31. The summed E-state index contributed by atoms with van der Waals surface area (Å²) in [5, 5.41) is 16.2. The molecule has 0 saturated carbocycles. The number of benzene rings is 1. The van der Waals surface area contributed by atoms with Crippen LogP contribution in [0.5, 0.6) is 0 Å². The van der Waals surface area contributed by atoms with E-state index in [1.165, 1.54) is 25.6 Å². The molecule has 0 saturated heterocycles. The van der Waals surface area contributed by atoms with Crippen LogP contribution in [0.1, 0.15) is 28.9 Å². The lowest BCUT2D eigenvalue weighted by molar-refractivity contribution is -0.136. The van der Waals surface area contributed by atoms with E-state index in [-0.39, 0.29) is 5.56 Å². The predicted molar refractivity (Wildman–Crippen MR) is 79.9 cm³/mol. The first-order valence-electron chi connectivity index (χ1n) is 6.81. The zero-order valence-corrected chi connectivity index (χ0v) is 12.5. The van der Waals surface area contributed by atoms with Crippen LogP contribution in [0.3, 0.4) is 0 Å². The van der Waals surface area contributed by atoms with Crippen LogP contribution in [0.15, 0.2) is 41.9 Å². The van der Waals surface area contributed by atoms with Gasteiger partial charge in [-0.3, -0.25) is 0 Å². The molecule has 8 heteroatoms. The molecule has 1 aromatic carbocycles. The number of rotatable bonds is 3. The molecule has 0 aliphatic carbocycles. The third-order valence-electron chi connectivity index (χ3n) is 3.67. The van der Waals surface area contributed by atoms with Gasteiger partial charge in [0.05, 0.1) is 18.2 Å². The second-order valence-electron chi connectivity index (χ2n) is 5.01. The minimum absolute atomic E-state index is 0.168. The van der Waals surface area contributed by atoms with Gasteiger partial charge in [-0.05, 0) is 24.6 Å². The number of fused-ring (bicyclic) bond motifs is 1. The maximum Gasteiger partial charge on any atom is 0.338 e. The topological polar surface area (TPSA) is 106 Å². The number of carboxylic acids is 1. The van der Waals surface area contributed by atoms with Gasteiger partial charge in [0.15, 0.2) is 0 Å². The standard InChI is InChI=1S/C15H14N4O4/c1-8-11(14(22)23-2)12(19-15(18-8)16-7-17-19)9-3-5-10(6-4-9)13(20)21/h3-7,12H,1-2H3,(H,20,21)(H,16,17,18)/t12-/m1/s1. The third kappa shape index (κ3) is 2.44. The van der Waals surface area contributed by atoms with Gasteiger partial charge in [-0.1, -0.05) is 12.1 Å². The number of esters is 1. The number of nitrogens with zero attached hydrogens (tertiary/aromatic N) is 3. The Morgan fingerprint density at radius 2 is 2.00 bits per heavy atom. The number of carboxylic acid groups (broad SMARTS) is 1. The lowest BCUT2D eigenvalue weighted by Crippen LogP contribution is -2.29. The molecule has 0 bridgehead atoms. The summed E-state index contributed by atoms with van der Waals surface area (Å²) >= 11 is 0. The average Bonchev–Trinajstić information content (AvgIpc) is 3.00. The third-order valence-corrected chi connectivity index (χ3v) is 3.67. The Balaban J connectivity index is 2.13. The Bertz CT molecular complexity index is 807. The van der Waals surface area contributed by atoms with Crippen molar-refractivity contribution in [3.63, 3.8) is 0 Å². The summed E-state index contributed by atoms with van der Waals surface area (Å²) in [5.41, 5.74) is 1.89. The van der Waals surface area contributed by atoms with E-state index < -0.39 is 18.0 Å². The minimum Gasteiger partial charge on any atom is -0.478 e. The number of anilines is 1. The molecule has 0 unspecified atom stereocenters. The minimum atomic E-state index is -1.01. The quantitative estimate of drug-likeness (QED) is 0.825. The zero-order valence-electron chi connectivity index (χ0n) is 12.5. The van der Waals surface area contributed by atoms with Crippen LogP contribution in [0.4, 0.5) is 5.95 Å². The Hall–Kier alpha value is -3.16. The molecule has 2 heterocycles. The number of aromatic carboxylic acids is 1. The van der Waals surface area contributed by atoms with Crippen molar-refractivity contribution in [1.29, 1.82) is 0 Å². The highest BCUT2D eigenvalue weighted by atomic mass is 16.5. The molecular weight excluding hydrogens is 300 g/mol. The molecular formula is C15H14N4O4. The predicted octanol–water partition coefficient (Wildman–Crippen LogP) is 1.44. The summed E-state index contributed by atoms with van der Waals surface area (Å²) in [6.45, 7) is 1.75. The molecule has 2 N–H and O–H groups in total. The van der Waals surface area contributed by atoms with Gasteiger partial charge in [-0.25, -0.2) is 14.3 Å². The Morgan fingerprint density at radius 3 is 2.61 bits per heavy atom. The first-order chi connectivity index (χ1) is 11.0. The lowest BCUT2D eigenvalue weighted by atomic mass is 9.95. The van der Waals surface area contributed by atoms with E-state index in [4.69, 9.17) is 9.84 Å². The van der Waals surface area contributed by atoms with Crippen LogP contribution in [-0.2, 0) is 9.53 Å². The second kappa shape index (κ2) is 5.56. The number of aromatic nitrogens is 3. The second-order valence-corrected chi connectivity index (χ2v) is 5.01. The van der Waals surface area contributed by atoms with Crippen molar-refractivity contribution in [3.8, 4) is 0 Å². The number of allylic oxidation sites excluding steroid dienone is 1. The number of methoxy groups -OCH3 is 1. The zero-order chi connectivity index (χ0) is 16.6. The van der Waals surface area contributed by atoms with Gasteiger partial charge < -0.3 is 15.2 Å². The Labute approximate surface area is 131 Å². The number of carbonyl (C=O) groups excluding carboxylic acids is 1. The fraction of sp³-hybridized carbons (Fsp3) is 0.200. The summed E-state index contributed by atoms with van der Waals surface area (Å²) in [6, 6.07) is 5.74. The van der Waals surface area contributed by atoms with Crippen molar-refractivity contribution in [2.45, 2.75) is 13.0 Å². The highest BCUT2D eigenvalue weighted by molar-refractivity contribution is 5.92. The largest absolute Gasteiger partial charge is 0.478 e. The maximum absolute atomic E-state index is 12.2. The monoisotopic (exact) mass is 314 g/mol. The van der Waals surface area contributed by atoms with E-state index in [1.807, 2.05) is 0 Å². The van der Waals surface area contributed by atoms with Crippen LogP contribution in [-0.4, -0.2) is 38.9 Å². The molecule has 0 amide bonds. The van der Waals surface area contributed by atoms with Crippen LogP contribution < -0.4 is 5.32 Å². The molecule has 8 nitrogen and oxygen atoms in total. The van der Waals surface area contributed by atoms with Gasteiger partial charge in [0.2, 0.25) is 5.95 Å². The number of nitrogens with one attached hydrogen (secondary N) is 1. The van der Waals surface area contributed by atoms with Gasteiger partial charge >= 0.3 is 11.9 Å². The van der Waals surface area contributed by atoms with Crippen LogP contribution >= 0.6 is 0 Å². The molecule has 23 heavy (non-hydrogen) atoms. The summed E-state index contributed by atoms with van der Waals surface area (Å²) < 4.78 is 6.44. The number of ether oxygens (including phenoxy) is 1. The average molecular weight is 314 g/mol. The number of hydrogen-bond acceptors (Lipinski definition) is 6. The van der Waals surface area contributed by atoms with Crippen LogP contribution in [0.2, 0.25) is 0 Å². The first-order valence-corrected chi connectivity index (χ1v) is 6.81. The van der Waals surface area contributed by atoms with E-state index in [1.54, 1.807) is 23.7 Å². The molecule has 3 rings (SSSR count). The Kier molecular flexibility index (Phi) is 3.57. The molecule has 1 aliphatic heterocycles. The fourth-order valence-corrected chi connectivity index (χ4v) is 2.58. The van der Waals surface area contributed by atoms with Crippen LogP contribution in [0.25, 0.3) is 0 Å². The molecule has 118 valence electrons. The van der Waals surface area contributed by atoms with Crippen molar-refractivity contribution >= 4 is 17.9 Å². The highest BCUT2D eigenvalue weighted by Gasteiger charge is 2.33. The van der Waals surface area contributed by atoms with Gasteiger partial charge in [0.25, 0.3) is 0 Å². The lowest BCUT2D eigenvalue weighted by Gasteiger charge is -2.27. The van der Waals surface area contributed by atoms with Gasteiger partial charge in [0, 0.05) is 5.70 Å². The summed E-state index contributed by atoms with van der Waals surface area (Å²) in [4.78, 5) is 27.3. The SMILES string of the molecule is COC(=O)C1=C(C)Nc2ncnn2[C@@H]1c1ccc(C(=O)O)cc1. The molecule has 2 aromatic rings. The highest BCUT2D eigenvalue weighted by Crippen LogP contribution is 2.35. The summed E-state index contributed by atoms with van der Waals surface area (Å²) in [5.74, 6) is -0.992. The van der Waals surface area contributed by atoms with E-state index in [2.05, 4.69) is 15.4 Å². The van der Waals surface area contributed by atoms with Crippen molar-refractivity contribution in [2.75, 3.05) is 12.4 Å². The molecule has 0 spiro atoms. The van der Waals surface area contributed by atoms with Crippen molar-refractivity contribution < 1.29 is 19.4 Å². The van der Waals surface area contributed by atoms with Crippen LogP contribution in [0, 0.1) is 0 Å². The molecule has 1 aliphatic rings. The van der Waals surface area contributed by atoms with E-state index >= 15 is 0 Å². The molecule has 0 radical (unpaired) electrons. The van der Waals surface area contributed by atoms with Crippen molar-refractivity contribution in [1.82, 2.24) is 14.8 Å². The smallest absolute Gasteiger partial charge is 0.338 e. The van der Waals surface area contributed by atoms with Crippen molar-refractivity contribution in [3.05, 3.63) is 53.0 Å². The maximum atomic E-state index is 12.2. The van der Waals surface area contributed by atoms with Gasteiger partial charge in [0.1, 0.15) is 12.4 Å². The van der Waals surface area contributed by atoms with Gasteiger partial charge in [-0.2, -0.15) is 10.1 Å².